The Morgan fingerprint density at radius 1 is 1.50 bits per heavy atom. The maximum Gasteiger partial charge on any atom is 0.142 e. The molecule has 4 heteroatoms. The van der Waals surface area contributed by atoms with E-state index in [2.05, 4.69) is 12.1 Å². The summed E-state index contributed by atoms with van der Waals surface area (Å²) in [5.74, 6) is 1.05. The fraction of sp³-hybridized carbons (Fsp3) is 0.417. The first-order valence-corrected chi connectivity index (χ1v) is 5.38. The minimum Gasteiger partial charge on any atom is -0.490 e. The Kier molecular flexibility index (Phi) is 4.64. The number of rotatable bonds is 5. The summed E-state index contributed by atoms with van der Waals surface area (Å²) in [6.07, 6.45) is 1.23. The molecular weight excluding hydrogens is 204 g/mol. The number of para-hydroxylation sites is 1. The minimum absolute atomic E-state index is 0.108. The Labute approximate surface area is 95.7 Å². The molecule has 0 aliphatic heterocycles. The molecule has 0 fully saturated rings. The van der Waals surface area contributed by atoms with Crippen molar-refractivity contribution in [3.05, 3.63) is 29.8 Å². The summed E-state index contributed by atoms with van der Waals surface area (Å²) in [6, 6.07) is 7.89. The van der Waals surface area contributed by atoms with Crippen molar-refractivity contribution >= 4 is 5.84 Å². The highest BCUT2D eigenvalue weighted by atomic mass is 16.5. The summed E-state index contributed by atoms with van der Waals surface area (Å²) >= 11 is 0. The molecule has 88 valence electrons. The number of ether oxygens (including phenoxy) is 1. The fourth-order valence-corrected chi connectivity index (χ4v) is 1.50. The molecule has 0 bridgehead atoms. The SMILES string of the molecule is CCc1ccccc1OC(C)CC(N)=NO. The Morgan fingerprint density at radius 2 is 2.19 bits per heavy atom. The third kappa shape index (κ3) is 3.46. The smallest absolute Gasteiger partial charge is 0.142 e. The van der Waals surface area contributed by atoms with Crippen LogP contribution in [0.15, 0.2) is 29.4 Å². The lowest BCUT2D eigenvalue weighted by Crippen LogP contribution is -2.23. The van der Waals surface area contributed by atoms with E-state index in [1.807, 2.05) is 31.2 Å². The number of benzene rings is 1. The zero-order valence-electron chi connectivity index (χ0n) is 9.68. The van der Waals surface area contributed by atoms with Crippen molar-refractivity contribution in [2.45, 2.75) is 32.8 Å². The Hall–Kier alpha value is -1.71. The molecule has 3 N–H and O–H groups in total. The van der Waals surface area contributed by atoms with Crippen LogP contribution in [-0.4, -0.2) is 17.1 Å². The monoisotopic (exact) mass is 222 g/mol. The molecule has 16 heavy (non-hydrogen) atoms. The highest BCUT2D eigenvalue weighted by Gasteiger charge is 2.09. The van der Waals surface area contributed by atoms with Crippen LogP contribution in [0, 0.1) is 0 Å². The van der Waals surface area contributed by atoms with E-state index in [-0.39, 0.29) is 11.9 Å². The molecule has 1 aromatic rings. The summed E-state index contributed by atoms with van der Waals surface area (Å²) in [7, 11) is 0. The number of amidine groups is 1. The van der Waals surface area contributed by atoms with Gasteiger partial charge in [0.15, 0.2) is 0 Å². The van der Waals surface area contributed by atoms with Crippen molar-refractivity contribution in [1.82, 2.24) is 0 Å². The first-order valence-electron chi connectivity index (χ1n) is 5.38. The largest absolute Gasteiger partial charge is 0.490 e. The van der Waals surface area contributed by atoms with Crippen LogP contribution in [0.4, 0.5) is 0 Å². The summed E-state index contributed by atoms with van der Waals surface area (Å²) in [5, 5.41) is 11.4. The third-order valence-electron chi connectivity index (χ3n) is 2.31. The lowest BCUT2D eigenvalue weighted by Gasteiger charge is -2.16. The minimum atomic E-state index is -0.108. The molecule has 0 aliphatic carbocycles. The highest BCUT2D eigenvalue weighted by molar-refractivity contribution is 5.80. The summed E-state index contributed by atoms with van der Waals surface area (Å²) in [4.78, 5) is 0. The van der Waals surface area contributed by atoms with Gasteiger partial charge in [0.1, 0.15) is 17.7 Å². The topological polar surface area (TPSA) is 67.8 Å². The number of nitrogens with zero attached hydrogens (tertiary/aromatic N) is 1. The quantitative estimate of drug-likeness (QED) is 0.347. The predicted molar refractivity (Wildman–Crippen MR) is 63.9 cm³/mol. The Balaban J connectivity index is 2.65. The van der Waals surface area contributed by atoms with Crippen LogP contribution >= 0.6 is 0 Å². The molecule has 1 unspecified atom stereocenters. The fourth-order valence-electron chi connectivity index (χ4n) is 1.50. The van der Waals surface area contributed by atoms with Crippen molar-refractivity contribution in [2.24, 2.45) is 10.9 Å². The first-order chi connectivity index (χ1) is 7.67. The average molecular weight is 222 g/mol. The normalized spacial score (nSPS) is 13.5. The molecule has 0 heterocycles. The maximum atomic E-state index is 8.46. The maximum absolute atomic E-state index is 8.46. The van der Waals surface area contributed by atoms with Crippen LogP contribution in [0.1, 0.15) is 25.8 Å². The highest BCUT2D eigenvalue weighted by Crippen LogP contribution is 2.20. The van der Waals surface area contributed by atoms with Crippen molar-refractivity contribution < 1.29 is 9.94 Å². The van der Waals surface area contributed by atoms with Gasteiger partial charge in [0, 0.05) is 6.42 Å². The molecule has 0 spiro atoms. The van der Waals surface area contributed by atoms with Crippen molar-refractivity contribution in [2.75, 3.05) is 0 Å². The van der Waals surface area contributed by atoms with Gasteiger partial charge in [-0.25, -0.2) is 0 Å². The first kappa shape index (κ1) is 12.4. The molecule has 1 atom stereocenters. The van der Waals surface area contributed by atoms with Crippen molar-refractivity contribution in [1.29, 1.82) is 0 Å². The molecular formula is C12H18N2O2. The number of aryl methyl sites for hydroxylation is 1. The van der Waals surface area contributed by atoms with E-state index < -0.39 is 0 Å². The van der Waals surface area contributed by atoms with Gasteiger partial charge < -0.3 is 15.7 Å². The summed E-state index contributed by atoms with van der Waals surface area (Å²) in [6.45, 7) is 3.97. The second kappa shape index (κ2) is 6.00. The number of hydrogen-bond acceptors (Lipinski definition) is 3. The van der Waals surface area contributed by atoms with Crippen LogP contribution in [0.25, 0.3) is 0 Å². The standard InChI is InChI=1S/C12H18N2O2/c1-3-10-6-4-5-7-11(10)16-9(2)8-12(13)14-15/h4-7,9,15H,3,8H2,1-2H3,(H2,13,14). The van der Waals surface area contributed by atoms with Crippen molar-refractivity contribution in [3.63, 3.8) is 0 Å². The Morgan fingerprint density at radius 3 is 2.81 bits per heavy atom. The molecule has 1 aromatic carbocycles. The van der Waals surface area contributed by atoms with E-state index in [9.17, 15) is 0 Å². The zero-order chi connectivity index (χ0) is 12.0. The molecule has 4 nitrogen and oxygen atoms in total. The summed E-state index contributed by atoms with van der Waals surface area (Å²) in [5.41, 5.74) is 6.58. The number of nitrogens with two attached hydrogens (primary N) is 1. The van der Waals surface area contributed by atoms with Gasteiger partial charge in [-0.1, -0.05) is 30.3 Å². The van der Waals surface area contributed by atoms with Crippen LogP contribution < -0.4 is 10.5 Å². The zero-order valence-corrected chi connectivity index (χ0v) is 9.68. The lowest BCUT2D eigenvalue weighted by molar-refractivity contribution is 0.224. The van der Waals surface area contributed by atoms with Gasteiger partial charge in [-0.15, -0.1) is 0 Å². The molecule has 0 amide bonds. The van der Waals surface area contributed by atoms with E-state index >= 15 is 0 Å². The van der Waals surface area contributed by atoms with Gasteiger partial charge in [0.25, 0.3) is 0 Å². The predicted octanol–water partition coefficient (Wildman–Crippen LogP) is 2.15. The van der Waals surface area contributed by atoms with E-state index in [4.69, 9.17) is 15.7 Å². The molecule has 0 radical (unpaired) electrons. The average Bonchev–Trinajstić information content (AvgIpc) is 2.29. The summed E-state index contributed by atoms with van der Waals surface area (Å²) < 4.78 is 5.74. The number of oxime groups is 1. The molecule has 0 aliphatic rings. The molecule has 0 saturated heterocycles. The van der Waals surface area contributed by atoms with Gasteiger partial charge in [0.05, 0.1) is 0 Å². The van der Waals surface area contributed by atoms with E-state index in [0.29, 0.717) is 6.42 Å². The third-order valence-corrected chi connectivity index (χ3v) is 2.31. The molecule has 0 saturated carbocycles. The van der Waals surface area contributed by atoms with Crippen LogP contribution in [0.3, 0.4) is 0 Å². The van der Waals surface area contributed by atoms with Gasteiger partial charge in [-0.2, -0.15) is 0 Å². The van der Waals surface area contributed by atoms with Crippen LogP contribution in [0.5, 0.6) is 5.75 Å². The second-order valence-corrected chi connectivity index (χ2v) is 3.69. The Bertz CT molecular complexity index is 364. The van der Waals surface area contributed by atoms with E-state index in [1.54, 1.807) is 0 Å². The van der Waals surface area contributed by atoms with Crippen molar-refractivity contribution in [3.8, 4) is 5.75 Å². The van der Waals surface area contributed by atoms with E-state index in [1.165, 1.54) is 0 Å². The van der Waals surface area contributed by atoms with Gasteiger partial charge in [-0.3, -0.25) is 0 Å². The number of hydrogen-bond donors (Lipinski definition) is 2. The van der Waals surface area contributed by atoms with Gasteiger partial charge in [-0.05, 0) is 25.0 Å². The van der Waals surface area contributed by atoms with Crippen LogP contribution in [-0.2, 0) is 6.42 Å². The lowest BCUT2D eigenvalue weighted by atomic mass is 10.1. The van der Waals surface area contributed by atoms with E-state index in [0.717, 1.165) is 17.7 Å². The van der Waals surface area contributed by atoms with Gasteiger partial charge >= 0.3 is 0 Å². The molecule has 0 aromatic heterocycles. The van der Waals surface area contributed by atoms with Crippen LogP contribution in [0.2, 0.25) is 0 Å². The molecule has 1 rings (SSSR count). The van der Waals surface area contributed by atoms with Gasteiger partial charge in [0.2, 0.25) is 0 Å². The second-order valence-electron chi connectivity index (χ2n) is 3.69.